The van der Waals surface area contributed by atoms with Crippen molar-refractivity contribution in [2.24, 2.45) is 0 Å². The van der Waals surface area contributed by atoms with Crippen LogP contribution in [0.3, 0.4) is 0 Å². The molecule has 0 unspecified atom stereocenters. The van der Waals surface area contributed by atoms with Crippen LogP contribution in [-0.2, 0) is 6.54 Å². The highest BCUT2D eigenvalue weighted by atomic mass is 16.5. The summed E-state index contributed by atoms with van der Waals surface area (Å²) >= 11 is 0. The lowest BCUT2D eigenvalue weighted by atomic mass is 10.2. The van der Waals surface area contributed by atoms with Crippen molar-refractivity contribution in [3.63, 3.8) is 0 Å². The van der Waals surface area contributed by atoms with E-state index in [9.17, 15) is 5.26 Å². The van der Waals surface area contributed by atoms with E-state index in [-0.39, 0.29) is 0 Å². The fraction of sp³-hybridized carbons (Fsp3) is 0.208. The lowest BCUT2D eigenvalue weighted by molar-refractivity contribution is 0.414. The Hall–Kier alpha value is -4.25. The number of imidazole rings is 1. The van der Waals surface area contributed by atoms with Crippen LogP contribution in [0.15, 0.2) is 60.8 Å². The molecule has 5 rings (SSSR count). The number of nitrogens with two attached hydrogens (primary N) is 1. The number of nitrogen functional groups attached to an aromatic ring is 1. The number of nitriles is 1. The van der Waals surface area contributed by atoms with E-state index in [0.717, 1.165) is 36.5 Å². The minimum atomic E-state index is 0.387. The third-order valence-corrected chi connectivity index (χ3v) is 5.53. The molecule has 0 atom stereocenters. The van der Waals surface area contributed by atoms with Crippen LogP contribution in [0.4, 0.5) is 22.9 Å². The van der Waals surface area contributed by atoms with E-state index in [1.807, 2.05) is 42.5 Å². The number of aromatic nitrogens is 3. The fourth-order valence-electron chi connectivity index (χ4n) is 3.79. The predicted octanol–water partition coefficient (Wildman–Crippen LogP) is 4.10. The molecule has 8 heteroatoms. The minimum Gasteiger partial charge on any atom is -0.497 e. The van der Waals surface area contributed by atoms with Gasteiger partial charge in [-0.15, -0.1) is 5.10 Å². The van der Waals surface area contributed by atoms with Gasteiger partial charge in [0.1, 0.15) is 11.8 Å². The highest BCUT2D eigenvalue weighted by Crippen LogP contribution is 2.36. The number of anilines is 4. The number of ether oxygens (including phenoxy) is 1. The molecule has 1 saturated carbocycles. The predicted molar refractivity (Wildman–Crippen MR) is 124 cm³/mol. The van der Waals surface area contributed by atoms with Crippen LogP contribution in [-0.4, -0.2) is 27.7 Å². The van der Waals surface area contributed by atoms with Crippen molar-refractivity contribution in [1.82, 2.24) is 14.6 Å². The number of hydrogen-bond donors (Lipinski definition) is 2. The standard InChI is InChI=1S/C24H23N7O/c1-32-21-9-5-16(6-10-21)15-30(19-7-8-19)22-12-23(28-18-4-2-3-17(26)11-18)29-31-20(13-25)14-27-24(22)31/h2-6,9-12,14,19H,7-8,15,26H2,1H3,(H,28,29). The van der Waals surface area contributed by atoms with E-state index in [1.54, 1.807) is 17.8 Å². The first-order valence-corrected chi connectivity index (χ1v) is 10.5. The smallest absolute Gasteiger partial charge is 0.178 e. The van der Waals surface area contributed by atoms with Gasteiger partial charge in [-0.3, -0.25) is 0 Å². The van der Waals surface area contributed by atoms with Gasteiger partial charge in [-0.05, 0) is 48.7 Å². The summed E-state index contributed by atoms with van der Waals surface area (Å²) in [5, 5.41) is 17.5. The van der Waals surface area contributed by atoms with Gasteiger partial charge in [0.05, 0.1) is 19.0 Å². The maximum Gasteiger partial charge on any atom is 0.178 e. The molecule has 4 aromatic rings. The molecule has 32 heavy (non-hydrogen) atoms. The van der Waals surface area contributed by atoms with Crippen molar-refractivity contribution in [3.8, 4) is 11.8 Å². The molecule has 2 heterocycles. The summed E-state index contributed by atoms with van der Waals surface area (Å²) in [5.41, 5.74) is 10.6. The zero-order valence-electron chi connectivity index (χ0n) is 17.7. The van der Waals surface area contributed by atoms with Gasteiger partial charge in [-0.25, -0.2) is 4.98 Å². The van der Waals surface area contributed by atoms with Gasteiger partial charge >= 0.3 is 0 Å². The second kappa shape index (κ2) is 8.12. The summed E-state index contributed by atoms with van der Waals surface area (Å²) in [5.74, 6) is 1.45. The maximum absolute atomic E-state index is 9.56. The highest BCUT2D eigenvalue weighted by Gasteiger charge is 2.31. The molecule has 0 bridgehead atoms. The molecule has 0 spiro atoms. The Morgan fingerprint density at radius 3 is 2.72 bits per heavy atom. The van der Waals surface area contributed by atoms with Gasteiger partial charge in [0, 0.05) is 30.0 Å². The second-order valence-electron chi connectivity index (χ2n) is 7.86. The largest absolute Gasteiger partial charge is 0.497 e. The molecule has 0 saturated heterocycles. The SMILES string of the molecule is COc1ccc(CN(c2cc(Nc3cccc(N)c3)nn3c(C#N)cnc23)C2CC2)cc1. The van der Waals surface area contributed by atoms with Crippen LogP contribution in [0, 0.1) is 11.3 Å². The Morgan fingerprint density at radius 1 is 1.22 bits per heavy atom. The summed E-state index contributed by atoms with van der Waals surface area (Å²) < 4.78 is 6.89. The number of rotatable bonds is 7. The molecule has 2 aromatic carbocycles. The summed E-state index contributed by atoms with van der Waals surface area (Å²) in [6.45, 7) is 0.723. The van der Waals surface area contributed by atoms with Crippen LogP contribution in [0.2, 0.25) is 0 Å². The highest BCUT2D eigenvalue weighted by molar-refractivity contribution is 5.75. The fourth-order valence-corrected chi connectivity index (χ4v) is 3.79. The molecule has 160 valence electrons. The first kappa shape index (κ1) is 19.7. The number of hydrogen-bond acceptors (Lipinski definition) is 7. The monoisotopic (exact) mass is 425 g/mol. The first-order chi connectivity index (χ1) is 15.6. The third-order valence-electron chi connectivity index (χ3n) is 5.53. The van der Waals surface area contributed by atoms with Crippen molar-refractivity contribution in [3.05, 3.63) is 72.1 Å². The average molecular weight is 425 g/mol. The quantitative estimate of drug-likeness (QED) is 0.430. The maximum atomic E-state index is 9.56. The summed E-state index contributed by atoms with van der Waals surface area (Å²) in [4.78, 5) is 6.87. The van der Waals surface area contributed by atoms with Gasteiger partial charge in [0.15, 0.2) is 17.2 Å². The van der Waals surface area contributed by atoms with Crippen molar-refractivity contribution in [2.75, 3.05) is 23.1 Å². The van der Waals surface area contributed by atoms with Gasteiger partial charge in [-0.2, -0.15) is 9.78 Å². The Morgan fingerprint density at radius 2 is 2.03 bits per heavy atom. The number of nitrogens with zero attached hydrogens (tertiary/aromatic N) is 5. The molecule has 0 radical (unpaired) electrons. The van der Waals surface area contributed by atoms with E-state index in [4.69, 9.17) is 10.5 Å². The van der Waals surface area contributed by atoms with Crippen molar-refractivity contribution in [2.45, 2.75) is 25.4 Å². The molecule has 8 nitrogen and oxygen atoms in total. The summed E-state index contributed by atoms with van der Waals surface area (Å²) in [7, 11) is 1.67. The molecule has 3 N–H and O–H groups in total. The summed E-state index contributed by atoms with van der Waals surface area (Å²) in [6.07, 6.45) is 3.80. The van der Waals surface area contributed by atoms with Crippen molar-refractivity contribution < 1.29 is 4.74 Å². The third kappa shape index (κ3) is 3.88. The van der Waals surface area contributed by atoms with E-state index >= 15 is 0 Å². The van der Waals surface area contributed by atoms with Crippen LogP contribution in [0.25, 0.3) is 5.65 Å². The number of nitrogens with one attached hydrogen (secondary N) is 1. The van der Waals surface area contributed by atoms with Gasteiger partial charge in [0.2, 0.25) is 0 Å². The number of methoxy groups -OCH3 is 1. The summed E-state index contributed by atoms with van der Waals surface area (Å²) in [6, 6.07) is 20.2. The topological polar surface area (TPSA) is 104 Å². The molecule has 1 aliphatic carbocycles. The van der Waals surface area contributed by atoms with E-state index < -0.39 is 0 Å². The second-order valence-corrected chi connectivity index (χ2v) is 7.86. The molecule has 1 aliphatic rings. The average Bonchev–Trinajstić information content (AvgIpc) is 3.56. The van der Waals surface area contributed by atoms with E-state index in [0.29, 0.717) is 28.9 Å². The molecule has 0 amide bonds. The lowest BCUT2D eigenvalue weighted by Gasteiger charge is -2.26. The zero-order valence-corrected chi connectivity index (χ0v) is 17.7. The molecular formula is C24H23N7O. The number of fused-ring (bicyclic) bond motifs is 1. The van der Waals surface area contributed by atoms with Gasteiger partial charge in [0.25, 0.3) is 0 Å². The van der Waals surface area contributed by atoms with E-state index in [1.165, 1.54) is 5.56 Å². The van der Waals surface area contributed by atoms with Crippen LogP contribution >= 0.6 is 0 Å². The molecular weight excluding hydrogens is 402 g/mol. The van der Waals surface area contributed by atoms with E-state index in [2.05, 4.69) is 38.5 Å². The van der Waals surface area contributed by atoms with Crippen LogP contribution < -0.4 is 20.7 Å². The first-order valence-electron chi connectivity index (χ1n) is 10.5. The normalized spacial score (nSPS) is 13.0. The number of benzene rings is 2. The van der Waals surface area contributed by atoms with Crippen molar-refractivity contribution >= 4 is 28.5 Å². The zero-order chi connectivity index (χ0) is 22.1. The van der Waals surface area contributed by atoms with Crippen molar-refractivity contribution in [1.29, 1.82) is 5.26 Å². The van der Waals surface area contributed by atoms with Gasteiger partial charge < -0.3 is 20.7 Å². The Bertz CT molecular complexity index is 1300. The molecule has 2 aromatic heterocycles. The van der Waals surface area contributed by atoms with Crippen LogP contribution in [0.5, 0.6) is 5.75 Å². The Kier molecular flexibility index (Phi) is 5.00. The molecule has 0 aliphatic heterocycles. The lowest BCUT2D eigenvalue weighted by Crippen LogP contribution is -2.26. The Labute approximate surface area is 185 Å². The van der Waals surface area contributed by atoms with Gasteiger partial charge in [-0.1, -0.05) is 18.2 Å². The minimum absolute atomic E-state index is 0.387. The van der Waals surface area contributed by atoms with Crippen LogP contribution in [0.1, 0.15) is 24.1 Å². The Balaban J connectivity index is 1.57. The molecule has 1 fully saturated rings.